The van der Waals surface area contributed by atoms with Crippen LogP contribution in [0.25, 0.3) is 0 Å². The molecule has 6 nitrogen and oxygen atoms in total. The Morgan fingerprint density at radius 2 is 2.00 bits per heavy atom. The molecule has 1 aromatic heterocycles. The van der Waals surface area contributed by atoms with Crippen LogP contribution in [0.4, 0.5) is 13.2 Å². The standard InChI is InChI=1S/C15H12F3N3O3/c16-15(17,18)10-7-21(6-8-3-1-2-4-9(8)10)13(22)11-5-12(14(23)24)20-19-11/h1-5,10H,6-7H2,(H,19,20)(H,23,24). The molecule has 0 bridgehead atoms. The molecule has 2 heterocycles. The fraction of sp³-hybridized carbons (Fsp3) is 0.267. The van der Waals surface area contributed by atoms with Gasteiger partial charge >= 0.3 is 12.1 Å². The minimum atomic E-state index is -4.49. The molecule has 0 saturated heterocycles. The normalized spacial score (nSPS) is 17.5. The number of benzene rings is 1. The monoisotopic (exact) mass is 339 g/mol. The van der Waals surface area contributed by atoms with Crippen LogP contribution >= 0.6 is 0 Å². The van der Waals surface area contributed by atoms with Gasteiger partial charge in [-0.05, 0) is 11.1 Å². The van der Waals surface area contributed by atoms with Crippen molar-refractivity contribution >= 4 is 11.9 Å². The van der Waals surface area contributed by atoms with E-state index in [2.05, 4.69) is 10.2 Å². The smallest absolute Gasteiger partial charge is 0.397 e. The van der Waals surface area contributed by atoms with Gasteiger partial charge in [0.2, 0.25) is 0 Å². The summed E-state index contributed by atoms with van der Waals surface area (Å²) in [7, 11) is 0. The lowest BCUT2D eigenvalue weighted by Gasteiger charge is -2.35. The average Bonchev–Trinajstić information content (AvgIpc) is 3.02. The van der Waals surface area contributed by atoms with Crippen molar-refractivity contribution in [1.82, 2.24) is 15.1 Å². The van der Waals surface area contributed by atoms with Gasteiger partial charge in [-0.25, -0.2) is 4.79 Å². The molecular formula is C15H12F3N3O3. The Morgan fingerprint density at radius 3 is 2.62 bits per heavy atom. The minimum absolute atomic E-state index is 0.0108. The molecule has 1 aliphatic heterocycles. The highest BCUT2D eigenvalue weighted by Crippen LogP contribution is 2.40. The number of carboxylic acids is 1. The van der Waals surface area contributed by atoms with E-state index in [1.165, 1.54) is 12.1 Å². The summed E-state index contributed by atoms with van der Waals surface area (Å²) >= 11 is 0. The van der Waals surface area contributed by atoms with Gasteiger partial charge in [0.15, 0.2) is 5.69 Å². The Kier molecular flexibility index (Phi) is 3.78. The number of carboxylic acid groups (broad SMARTS) is 1. The number of alkyl halides is 3. The summed E-state index contributed by atoms with van der Waals surface area (Å²) in [5, 5.41) is 14.6. The maximum atomic E-state index is 13.3. The van der Waals surface area contributed by atoms with Gasteiger partial charge in [0.25, 0.3) is 5.91 Å². The van der Waals surface area contributed by atoms with Crippen LogP contribution in [0.2, 0.25) is 0 Å². The SMILES string of the molecule is O=C(O)c1cc(C(=O)N2Cc3ccccc3C(C(F)(F)F)C2)n[nH]1. The molecule has 3 rings (SSSR count). The third kappa shape index (κ3) is 2.84. The number of nitrogens with zero attached hydrogens (tertiary/aromatic N) is 2. The summed E-state index contributed by atoms with van der Waals surface area (Å²) < 4.78 is 40.0. The van der Waals surface area contributed by atoms with Crippen molar-refractivity contribution in [2.24, 2.45) is 0 Å². The first-order valence-corrected chi connectivity index (χ1v) is 7.00. The van der Waals surface area contributed by atoms with Crippen molar-refractivity contribution in [2.45, 2.75) is 18.6 Å². The molecule has 9 heteroatoms. The number of carbonyl (C=O) groups excluding carboxylic acids is 1. The lowest BCUT2D eigenvalue weighted by atomic mass is 9.89. The lowest BCUT2D eigenvalue weighted by molar-refractivity contribution is -0.155. The van der Waals surface area contributed by atoms with Crippen molar-refractivity contribution in [1.29, 1.82) is 0 Å². The summed E-state index contributed by atoms with van der Waals surface area (Å²) in [4.78, 5) is 24.2. The van der Waals surface area contributed by atoms with E-state index >= 15 is 0 Å². The van der Waals surface area contributed by atoms with Gasteiger partial charge in [0.05, 0.1) is 5.92 Å². The predicted molar refractivity (Wildman–Crippen MR) is 75.5 cm³/mol. The Morgan fingerprint density at radius 1 is 1.29 bits per heavy atom. The molecule has 1 aromatic carbocycles. The summed E-state index contributed by atoms with van der Waals surface area (Å²) in [6, 6.07) is 7.10. The van der Waals surface area contributed by atoms with E-state index in [0.29, 0.717) is 5.56 Å². The number of H-pyrrole nitrogens is 1. The van der Waals surface area contributed by atoms with E-state index in [4.69, 9.17) is 5.11 Å². The molecule has 1 unspecified atom stereocenters. The fourth-order valence-corrected chi connectivity index (χ4v) is 2.74. The van der Waals surface area contributed by atoms with Crippen molar-refractivity contribution in [3.8, 4) is 0 Å². The second kappa shape index (κ2) is 5.66. The fourth-order valence-electron chi connectivity index (χ4n) is 2.74. The molecular weight excluding hydrogens is 327 g/mol. The van der Waals surface area contributed by atoms with E-state index in [1.807, 2.05) is 0 Å². The van der Waals surface area contributed by atoms with Gasteiger partial charge in [-0.1, -0.05) is 24.3 Å². The number of aromatic nitrogens is 2. The van der Waals surface area contributed by atoms with E-state index in [9.17, 15) is 22.8 Å². The molecule has 126 valence electrons. The molecule has 0 fully saturated rings. The number of carbonyl (C=O) groups is 2. The van der Waals surface area contributed by atoms with Gasteiger partial charge in [-0.2, -0.15) is 18.3 Å². The second-order valence-corrected chi connectivity index (χ2v) is 5.45. The van der Waals surface area contributed by atoms with Gasteiger partial charge in [0.1, 0.15) is 5.69 Å². The molecule has 0 radical (unpaired) electrons. The Hall–Kier alpha value is -2.84. The molecule has 2 aromatic rings. The van der Waals surface area contributed by atoms with Crippen molar-refractivity contribution in [3.63, 3.8) is 0 Å². The molecule has 1 amide bonds. The number of halogens is 3. The molecule has 0 aliphatic carbocycles. The minimum Gasteiger partial charge on any atom is -0.477 e. The first-order valence-electron chi connectivity index (χ1n) is 7.00. The number of hydrogen-bond acceptors (Lipinski definition) is 3. The van der Waals surface area contributed by atoms with Gasteiger partial charge in [0, 0.05) is 19.2 Å². The Labute approximate surface area is 133 Å². The van der Waals surface area contributed by atoms with Crippen LogP contribution in [0.1, 0.15) is 38.0 Å². The summed E-state index contributed by atoms with van der Waals surface area (Å²) in [6.45, 7) is -0.522. The Balaban J connectivity index is 1.92. The Bertz CT molecular complexity index is 801. The maximum absolute atomic E-state index is 13.3. The first-order chi connectivity index (χ1) is 11.3. The third-order valence-electron chi connectivity index (χ3n) is 3.90. The number of rotatable bonds is 2. The van der Waals surface area contributed by atoms with E-state index in [-0.39, 0.29) is 23.5 Å². The van der Waals surface area contributed by atoms with E-state index in [1.54, 1.807) is 12.1 Å². The summed E-state index contributed by atoms with van der Waals surface area (Å²) in [5.74, 6) is -3.84. The molecule has 1 aliphatic rings. The number of nitrogens with one attached hydrogen (secondary N) is 1. The van der Waals surface area contributed by atoms with Gasteiger partial charge in [-0.15, -0.1) is 0 Å². The van der Waals surface area contributed by atoms with Crippen LogP contribution in [0.3, 0.4) is 0 Å². The van der Waals surface area contributed by atoms with Crippen LogP contribution in [-0.4, -0.2) is 44.8 Å². The summed E-state index contributed by atoms with van der Waals surface area (Å²) in [6.07, 6.45) is -4.49. The summed E-state index contributed by atoms with van der Waals surface area (Å²) in [5.41, 5.74) is 0.0339. The largest absolute Gasteiger partial charge is 0.477 e. The van der Waals surface area contributed by atoms with Crippen LogP contribution < -0.4 is 0 Å². The van der Waals surface area contributed by atoms with E-state index < -0.39 is 30.5 Å². The number of fused-ring (bicyclic) bond motifs is 1. The highest BCUT2D eigenvalue weighted by molar-refractivity contribution is 5.95. The highest BCUT2D eigenvalue weighted by atomic mass is 19.4. The number of amides is 1. The van der Waals surface area contributed by atoms with Crippen LogP contribution in [0.5, 0.6) is 0 Å². The van der Waals surface area contributed by atoms with Crippen LogP contribution in [-0.2, 0) is 6.54 Å². The lowest BCUT2D eigenvalue weighted by Crippen LogP contribution is -2.42. The second-order valence-electron chi connectivity index (χ2n) is 5.45. The number of aromatic carboxylic acids is 1. The van der Waals surface area contributed by atoms with Crippen molar-refractivity contribution in [2.75, 3.05) is 6.54 Å². The van der Waals surface area contributed by atoms with Crippen molar-refractivity contribution in [3.05, 3.63) is 52.8 Å². The van der Waals surface area contributed by atoms with E-state index in [0.717, 1.165) is 11.0 Å². The molecule has 1 atom stereocenters. The topological polar surface area (TPSA) is 86.3 Å². The zero-order valence-corrected chi connectivity index (χ0v) is 12.2. The molecule has 24 heavy (non-hydrogen) atoms. The maximum Gasteiger partial charge on any atom is 0.397 e. The predicted octanol–water partition coefficient (Wildman–Crippen LogP) is 2.41. The number of aromatic amines is 1. The molecule has 2 N–H and O–H groups in total. The van der Waals surface area contributed by atoms with Crippen LogP contribution in [0.15, 0.2) is 30.3 Å². The van der Waals surface area contributed by atoms with Gasteiger partial charge < -0.3 is 10.0 Å². The molecule has 0 spiro atoms. The quantitative estimate of drug-likeness (QED) is 0.880. The highest BCUT2D eigenvalue weighted by Gasteiger charge is 2.45. The number of hydrogen-bond donors (Lipinski definition) is 2. The van der Waals surface area contributed by atoms with Crippen molar-refractivity contribution < 1.29 is 27.9 Å². The average molecular weight is 339 g/mol. The first kappa shape index (κ1) is 16.0. The van der Waals surface area contributed by atoms with Gasteiger partial charge in [-0.3, -0.25) is 9.89 Å². The van der Waals surface area contributed by atoms with Crippen LogP contribution in [0, 0.1) is 0 Å². The molecule has 0 saturated carbocycles. The zero-order chi connectivity index (χ0) is 17.5. The third-order valence-corrected chi connectivity index (χ3v) is 3.90. The zero-order valence-electron chi connectivity index (χ0n) is 12.2.